The van der Waals surface area contributed by atoms with Gasteiger partial charge in [-0.15, -0.1) is 0 Å². The standard InChI is InChI=1S/C22H17FN2O3S/c1-14-4-2-3-5-20(14)27-13-18-11-10-17(28-18)12-19-21(26)25(22(29)24-19)16-8-6-15(23)7-9-16/h2-12H,13H2,1H3,(H,24,29)/b19-12+. The average Bonchev–Trinajstić information content (AvgIpc) is 3.26. The lowest BCUT2D eigenvalue weighted by Gasteiger charge is -2.13. The molecule has 1 saturated heterocycles. The first-order chi connectivity index (χ1) is 14.0. The Balaban J connectivity index is 1.47. The van der Waals surface area contributed by atoms with Crippen molar-refractivity contribution in [2.75, 3.05) is 4.90 Å². The smallest absolute Gasteiger partial charge is 0.281 e. The maximum Gasteiger partial charge on any atom is 0.281 e. The minimum atomic E-state index is -0.383. The minimum absolute atomic E-state index is 0.225. The van der Waals surface area contributed by atoms with Crippen LogP contribution >= 0.6 is 12.2 Å². The van der Waals surface area contributed by atoms with E-state index in [1.165, 1.54) is 29.2 Å². The Morgan fingerprint density at radius 2 is 1.90 bits per heavy atom. The van der Waals surface area contributed by atoms with Gasteiger partial charge in [0.2, 0.25) is 0 Å². The van der Waals surface area contributed by atoms with Crippen molar-refractivity contribution in [1.82, 2.24) is 5.32 Å². The molecule has 0 saturated carbocycles. The molecule has 29 heavy (non-hydrogen) atoms. The number of aryl methyl sites for hydroxylation is 1. The zero-order valence-electron chi connectivity index (χ0n) is 15.5. The van der Waals surface area contributed by atoms with Crippen LogP contribution in [-0.4, -0.2) is 11.0 Å². The number of para-hydroxylation sites is 1. The molecule has 1 fully saturated rings. The van der Waals surface area contributed by atoms with E-state index in [0.29, 0.717) is 17.2 Å². The lowest BCUT2D eigenvalue weighted by Crippen LogP contribution is -2.30. The fraction of sp³-hybridized carbons (Fsp3) is 0.0909. The van der Waals surface area contributed by atoms with Crippen molar-refractivity contribution in [2.24, 2.45) is 0 Å². The van der Waals surface area contributed by atoms with Gasteiger partial charge < -0.3 is 14.5 Å². The number of nitrogens with zero attached hydrogens (tertiary/aromatic N) is 1. The number of furan rings is 1. The molecule has 1 aromatic heterocycles. The van der Waals surface area contributed by atoms with Crippen molar-refractivity contribution >= 4 is 35.0 Å². The van der Waals surface area contributed by atoms with E-state index in [1.54, 1.807) is 18.2 Å². The highest BCUT2D eigenvalue weighted by molar-refractivity contribution is 7.80. The molecule has 1 aliphatic heterocycles. The number of carbonyl (C=O) groups is 1. The van der Waals surface area contributed by atoms with Crippen molar-refractivity contribution in [2.45, 2.75) is 13.5 Å². The van der Waals surface area contributed by atoms with Gasteiger partial charge in [-0.2, -0.15) is 0 Å². The maximum absolute atomic E-state index is 13.1. The van der Waals surface area contributed by atoms with Gasteiger partial charge in [-0.25, -0.2) is 4.39 Å². The molecule has 1 aliphatic rings. The number of anilines is 1. The predicted octanol–water partition coefficient (Wildman–Crippen LogP) is 4.57. The SMILES string of the molecule is Cc1ccccc1OCc1ccc(/C=C2/NC(=S)N(c3ccc(F)cc3)C2=O)o1. The maximum atomic E-state index is 13.1. The quantitative estimate of drug-likeness (QED) is 0.495. The van der Waals surface area contributed by atoms with Crippen molar-refractivity contribution in [3.05, 3.63) is 89.3 Å². The Morgan fingerprint density at radius 3 is 2.66 bits per heavy atom. The number of carbonyl (C=O) groups excluding carboxylic acids is 1. The molecule has 146 valence electrons. The monoisotopic (exact) mass is 408 g/mol. The second-order valence-electron chi connectivity index (χ2n) is 6.46. The number of rotatable bonds is 5. The molecule has 3 aromatic rings. The third-order valence-electron chi connectivity index (χ3n) is 4.40. The van der Waals surface area contributed by atoms with Crippen molar-refractivity contribution in [1.29, 1.82) is 0 Å². The number of thiocarbonyl (C=S) groups is 1. The number of hydrogen-bond donors (Lipinski definition) is 1. The van der Waals surface area contributed by atoms with Crippen LogP contribution in [0.4, 0.5) is 10.1 Å². The zero-order chi connectivity index (χ0) is 20.4. The molecular weight excluding hydrogens is 391 g/mol. The molecule has 5 nitrogen and oxygen atoms in total. The Hall–Kier alpha value is -3.45. The van der Waals surface area contributed by atoms with Crippen molar-refractivity contribution < 1.29 is 18.3 Å². The van der Waals surface area contributed by atoms with Gasteiger partial charge in [0, 0.05) is 6.08 Å². The van der Waals surface area contributed by atoms with Crippen molar-refractivity contribution in [3.8, 4) is 5.75 Å². The van der Waals surface area contributed by atoms with Gasteiger partial charge in [0.05, 0.1) is 5.69 Å². The van der Waals surface area contributed by atoms with Crippen LogP contribution in [0.1, 0.15) is 17.1 Å². The number of nitrogens with one attached hydrogen (secondary N) is 1. The molecule has 2 aromatic carbocycles. The summed E-state index contributed by atoms with van der Waals surface area (Å²) in [5.74, 6) is 1.19. The third-order valence-corrected chi connectivity index (χ3v) is 4.68. The minimum Gasteiger partial charge on any atom is -0.485 e. The van der Waals surface area contributed by atoms with Crippen LogP contribution in [0.15, 0.2) is 70.8 Å². The summed E-state index contributed by atoms with van der Waals surface area (Å²) in [6.45, 7) is 2.25. The third kappa shape index (κ3) is 4.05. The topological polar surface area (TPSA) is 54.7 Å². The summed E-state index contributed by atoms with van der Waals surface area (Å²) in [5, 5.41) is 3.10. The van der Waals surface area contributed by atoms with E-state index >= 15 is 0 Å². The number of hydrogen-bond acceptors (Lipinski definition) is 4. The van der Waals surface area contributed by atoms with E-state index in [2.05, 4.69) is 5.32 Å². The molecule has 0 unspecified atom stereocenters. The van der Waals surface area contributed by atoms with E-state index in [9.17, 15) is 9.18 Å². The first kappa shape index (κ1) is 18.9. The Labute approximate surface area is 172 Å². The number of benzene rings is 2. The molecule has 0 atom stereocenters. The summed E-state index contributed by atoms with van der Waals surface area (Å²) in [4.78, 5) is 14.0. The lowest BCUT2D eigenvalue weighted by atomic mass is 10.2. The molecule has 2 heterocycles. The van der Waals surface area contributed by atoms with Crippen LogP contribution in [0, 0.1) is 12.7 Å². The molecule has 1 amide bonds. The molecule has 4 rings (SSSR count). The van der Waals surface area contributed by atoms with E-state index in [1.807, 2.05) is 31.2 Å². The van der Waals surface area contributed by atoms with Gasteiger partial charge in [0.1, 0.15) is 35.4 Å². The van der Waals surface area contributed by atoms with E-state index in [4.69, 9.17) is 21.4 Å². The van der Waals surface area contributed by atoms with Crippen LogP contribution in [0.5, 0.6) is 5.75 Å². The van der Waals surface area contributed by atoms with Crippen LogP contribution in [0.2, 0.25) is 0 Å². The fourth-order valence-electron chi connectivity index (χ4n) is 2.92. The van der Waals surface area contributed by atoms with E-state index < -0.39 is 0 Å². The number of halogens is 1. The van der Waals surface area contributed by atoms with Gasteiger partial charge in [-0.05, 0) is 67.2 Å². The second-order valence-corrected chi connectivity index (χ2v) is 6.85. The highest BCUT2D eigenvalue weighted by Crippen LogP contribution is 2.24. The Morgan fingerprint density at radius 1 is 1.14 bits per heavy atom. The summed E-state index contributed by atoms with van der Waals surface area (Å²) in [7, 11) is 0. The Kier molecular flexibility index (Phi) is 5.14. The van der Waals surface area contributed by atoms with Crippen LogP contribution in [-0.2, 0) is 11.4 Å². The number of amides is 1. The van der Waals surface area contributed by atoms with Gasteiger partial charge in [0.25, 0.3) is 5.91 Å². The molecule has 1 N–H and O–H groups in total. The predicted molar refractivity (Wildman–Crippen MR) is 112 cm³/mol. The second kappa shape index (κ2) is 7.89. The molecule has 7 heteroatoms. The molecule has 0 spiro atoms. The molecular formula is C22H17FN2O3S. The largest absolute Gasteiger partial charge is 0.485 e. The van der Waals surface area contributed by atoms with Gasteiger partial charge in [0.15, 0.2) is 5.11 Å². The first-order valence-corrected chi connectivity index (χ1v) is 9.32. The van der Waals surface area contributed by atoms with Gasteiger partial charge in [-0.1, -0.05) is 18.2 Å². The van der Waals surface area contributed by atoms with Crippen LogP contribution in [0.3, 0.4) is 0 Å². The van der Waals surface area contributed by atoms with Gasteiger partial charge in [-0.3, -0.25) is 9.69 Å². The molecule has 0 aliphatic carbocycles. The van der Waals surface area contributed by atoms with E-state index in [0.717, 1.165) is 11.3 Å². The van der Waals surface area contributed by atoms with Crippen LogP contribution < -0.4 is 15.0 Å². The first-order valence-electron chi connectivity index (χ1n) is 8.91. The summed E-state index contributed by atoms with van der Waals surface area (Å²) in [5.41, 5.74) is 1.81. The average molecular weight is 408 g/mol. The fourth-order valence-corrected chi connectivity index (χ4v) is 3.22. The van der Waals surface area contributed by atoms with Gasteiger partial charge >= 0.3 is 0 Å². The van der Waals surface area contributed by atoms with Crippen LogP contribution in [0.25, 0.3) is 6.08 Å². The lowest BCUT2D eigenvalue weighted by molar-refractivity contribution is -0.113. The number of ether oxygens (including phenoxy) is 1. The summed E-state index contributed by atoms with van der Waals surface area (Å²) in [6.07, 6.45) is 1.58. The highest BCUT2D eigenvalue weighted by Gasteiger charge is 2.32. The zero-order valence-corrected chi connectivity index (χ0v) is 16.3. The summed E-state index contributed by atoms with van der Waals surface area (Å²) < 4.78 is 24.7. The summed E-state index contributed by atoms with van der Waals surface area (Å²) >= 11 is 5.25. The highest BCUT2D eigenvalue weighted by atomic mass is 32.1. The normalized spacial score (nSPS) is 15.1. The summed E-state index contributed by atoms with van der Waals surface area (Å²) in [6, 6.07) is 16.8. The molecule has 0 bridgehead atoms. The molecule has 0 radical (unpaired) electrons. The van der Waals surface area contributed by atoms with Crippen molar-refractivity contribution in [3.63, 3.8) is 0 Å². The Bertz CT molecular complexity index is 1110. The van der Waals surface area contributed by atoms with E-state index in [-0.39, 0.29) is 29.1 Å².